The van der Waals surface area contributed by atoms with E-state index in [0.717, 1.165) is 11.8 Å². The van der Waals surface area contributed by atoms with Crippen LogP contribution in [0.3, 0.4) is 0 Å². The summed E-state index contributed by atoms with van der Waals surface area (Å²) >= 11 is 12.7. The summed E-state index contributed by atoms with van der Waals surface area (Å²) in [6.45, 7) is 3.41. The second kappa shape index (κ2) is 9.16. The van der Waals surface area contributed by atoms with E-state index in [1.807, 2.05) is 0 Å². The van der Waals surface area contributed by atoms with E-state index in [0.29, 0.717) is 15.7 Å². The van der Waals surface area contributed by atoms with Gasteiger partial charge in [0, 0.05) is 11.4 Å². The van der Waals surface area contributed by atoms with Crippen LogP contribution in [0.4, 0.5) is 10.5 Å². The number of nitrogens with one attached hydrogen (secondary N) is 1. The molecule has 1 aromatic carbocycles. The fraction of sp³-hybridized carbons (Fsp3) is 0.312. The molecule has 1 heterocycles. The summed E-state index contributed by atoms with van der Waals surface area (Å²) in [5, 5.41) is 3.53. The SMILES string of the molecule is CCOC(=O)C1C(C)=NC(=O)N=C1SCC(=O)Nc1ccc(Cl)c(Cl)c1. The lowest BCUT2D eigenvalue weighted by Gasteiger charge is -2.19. The fourth-order valence-electron chi connectivity index (χ4n) is 2.10. The van der Waals surface area contributed by atoms with Crippen molar-refractivity contribution in [1.82, 2.24) is 0 Å². The van der Waals surface area contributed by atoms with Crippen LogP contribution in [0.25, 0.3) is 0 Å². The smallest absolute Gasteiger partial charge is 0.367 e. The van der Waals surface area contributed by atoms with Crippen LogP contribution >= 0.6 is 35.0 Å². The van der Waals surface area contributed by atoms with E-state index in [1.165, 1.54) is 6.07 Å². The van der Waals surface area contributed by atoms with Gasteiger partial charge in [-0.3, -0.25) is 9.59 Å². The van der Waals surface area contributed by atoms with Crippen molar-refractivity contribution < 1.29 is 19.1 Å². The lowest BCUT2D eigenvalue weighted by atomic mass is 10.1. The van der Waals surface area contributed by atoms with Gasteiger partial charge in [0.1, 0.15) is 5.92 Å². The Morgan fingerprint density at radius 1 is 1.27 bits per heavy atom. The highest BCUT2D eigenvalue weighted by atomic mass is 35.5. The summed E-state index contributed by atoms with van der Waals surface area (Å²) in [6.07, 6.45) is 0. The average molecular weight is 416 g/mol. The number of benzene rings is 1. The molecule has 0 radical (unpaired) electrons. The van der Waals surface area contributed by atoms with Crippen molar-refractivity contribution >= 4 is 69.3 Å². The first-order chi connectivity index (χ1) is 12.3. The molecule has 1 aliphatic rings. The lowest BCUT2D eigenvalue weighted by molar-refractivity contribution is -0.143. The summed E-state index contributed by atoms with van der Waals surface area (Å²) in [5.74, 6) is -1.85. The number of nitrogens with zero attached hydrogens (tertiary/aromatic N) is 2. The predicted molar refractivity (Wildman–Crippen MR) is 104 cm³/mol. The second-order valence-corrected chi connectivity index (χ2v) is 6.95. The number of hydrogen-bond acceptors (Lipinski definition) is 5. The monoisotopic (exact) mass is 415 g/mol. The standard InChI is InChI=1S/C16H15Cl2N3O4S/c1-3-25-15(23)13-8(2)19-16(24)21-14(13)26-7-12(22)20-9-4-5-10(17)11(18)6-9/h4-6,13H,3,7H2,1-2H3,(H,20,22). The van der Waals surface area contributed by atoms with Crippen molar-refractivity contribution in [2.45, 2.75) is 13.8 Å². The molecule has 26 heavy (non-hydrogen) atoms. The van der Waals surface area contributed by atoms with Crippen molar-refractivity contribution in [2.75, 3.05) is 17.7 Å². The molecule has 0 saturated heterocycles. The largest absolute Gasteiger partial charge is 0.465 e. The molecule has 1 aliphatic heterocycles. The van der Waals surface area contributed by atoms with Crippen LogP contribution in [-0.4, -0.2) is 41.0 Å². The van der Waals surface area contributed by atoms with Crippen molar-refractivity contribution in [3.63, 3.8) is 0 Å². The molecule has 1 N–H and O–H groups in total. The molecule has 0 spiro atoms. The highest BCUT2D eigenvalue weighted by Crippen LogP contribution is 2.26. The van der Waals surface area contributed by atoms with Gasteiger partial charge in [-0.15, -0.1) is 0 Å². The molecule has 0 bridgehead atoms. The van der Waals surface area contributed by atoms with E-state index >= 15 is 0 Å². The first kappa shape index (κ1) is 20.4. The highest BCUT2D eigenvalue weighted by molar-refractivity contribution is 8.14. The number of aliphatic imine (C=N–C) groups is 2. The molecule has 1 atom stereocenters. The molecule has 0 aliphatic carbocycles. The number of amides is 3. The van der Waals surface area contributed by atoms with E-state index in [4.69, 9.17) is 27.9 Å². The zero-order valence-corrected chi connectivity index (χ0v) is 16.2. The molecule has 0 fully saturated rings. The molecule has 10 heteroatoms. The topological polar surface area (TPSA) is 97.2 Å². The Balaban J connectivity index is 2.03. The van der Waals surface area contributed by atoms with Crippen LogP contribution in [-0.2, 0) is 14.3 Å². The molecule has 3 amide bonds. The number of urea groups is 1. The number of carbonyl (C=O) groups excluding carboxylic acids is 3. The summed E-state index contributed by atoms with van der Waals surface area (Å²) < 4.78 is 4.99. The maximum absolute atomic E-state index is 12.1. The van der Waals surface area contributed by atoms with Crippen LogP contribution < -0.4 is 5.32 Å². The third-order valence-corrected chi connectivity index (χ3v) is 4.99. The van der Waals surface area contributed by atoms with E-state index in [1.54, 1.807) is 26.0 Å². The van der Waals surface area contributed by atoms with Gasteiger partial charge in [0.15, 0.2) is 0 Å². The van der Waals surface area contributed by atoms with Gasteiger partial charge in [-0.05, 0) is 32.0 Å². The van der Waals surface area contributed by atoms with E-state index in [9.17, 15) is 14.4 Å². The van der Waals surface area contributed by atoms with Gasteiger partial charge < -0.3 is 10.1 Å². The summed E-state index contributed by atoms with van der Waals surface area (Å²) in [6, 6.07) is 3.98. The minimum atomic E-state index is -0.879. The minimum Gasteiger partial charge on any atom is -0.465 e. The van der Waals surface area contributed by atoms with Gasteiger partial charge in [0.05, 0.1) is 27.4 Å². The number of halogens is 2. The second-order valence-electron chi connectivity index (χ2n) is 5.14. The van der Waals surface area contributed by atoms with Gasteiger partial charge in [0.25, 0.3) is 0 Å². The van der Waals surface area contributed by atoms with E-state index in [-0.39, 0.29) is 29.0 Å². The van der Waals surface area contributed by atoms with Crippen molar-refractivity contribution in [3.8, 4) is 0 Å². The summed E-state index contributed by atoms with van der Waals surface area (Å²) in [4.78, 5) is 43.2. The Morgan fingerprint density at radius 2 is 2.00 bits per heavy atom. The quantitative estimate of drug-likeness (QED) is 0.736. The molecule has 1 unspecified atom stereocenters. The Bertz CT molecular complexity index is 811. The highest BCUT2D eigenvalue weighted by Gasteiger charge is 2.33. The predicted octanol–water partition coefficient (Wildman–Crippen LogP) is 3.84. The minimum absolute atomic E-state index is 0.0600. The van der Waals surface area contributed by atoms with Gasteiger partial charge in [-0.2, -0.15) is 9.98 Å². The zero-order chi connectivity index (χ0) is 19.3. The molecule has 1 aromatic rings. The van der Waals surface area contributed by atoms with Gasteiger partial charge in [0.2, 0.25) is 5.91 Å². The summed E-state index contributed by atoms with van der Waals surface area (Å²) in [5.41, 5.74) is 0.766. The molecule has 7 nitrogen and oxygen atoms in total. The third-order valence-electron chi connectivity index (χ3n) is 3.22. The van der Waals surface area contributed by atoms with Crippen LogP contribution in [0.5, 0.6) is 0 Å². The van der Waals surface area contributed by atoms with Crippen molar-refractivity contribution in [2.24, 2.45) is 15.9 Å². The number of esters is 1. The maximum Gasteiger partial charge on any atom is 0.367 e. The van der Waals surface area contributed by atoms with E-state index in [2.05, 4.69) is 15.3 Å². The Kier molecular flexibility index (Phi) is 7.19. The Labute approximate surface area is 164 Å². The van der Waals surface area contributed by atoms with Crippen LogP contribution in [0.2, 0.25) is 10.0 Å². The molecule has 138 valence electrons. The first-order valence-corrected chi connectivity index (χ1v) is 9.28. The van der Waals surface area contributed by atoms with Crippen LogP contribution in [0.15, 0.2) is 28.2 Å². The fourth-order valence-corrected chi connectivity index (χ4v) is 3.33. The number of anilines is 1. The molecular weight excluding hydrogens is 401 g/mol. The van der Waals surface area contributed by atoms with E-state index < -0.39 is 17.9 Å². The number of ether oxygens (including phenoxy) is 1. The maximum atomic E-state index is 12.1. The number of rotatable bonds is 5. The van der Waals surface area contributed by atoms with Gasteiger partial charge in [-0.1, -0.05) is 35.0 Å². The normalized spacial score (nSPS) is 16.6. The Hall–Kier alpha value is -1.90. The molecular formula is C16H15Cl2N3O4S. The Morgan fingerprint density at radius 3 is 2.65 bits per heavy atom. The summed E-state index contributed by atoms with van der Waals surface area (Å²) in [7, 11) is 0. The van der Waals surface area contributed by atoms with Crippen LogP contribution in [0, 0.1) is 5.92 Å². The molecule has 0 aromatic heterocycles. The van der Waals surface area contributed by atoms with Crippen LogP contribution in [0.1, 0.15) is 13.8 Å². The number of hydrogen-bond donors (Lipinski definition) is 1. The van der Waals surface area contributed by atoms with Crippen molar-refractivity contribution in [3.05, 3.63) is 28.2 Å². The zero-order valence-electron chi connectivity index (χ0n) is 13.9. The number of thioether (sulfide) groups is 1. The first-order valence-electron chi connectivity index (χ1n) is 7.54. The van der Waals surface area contributed by atoms with Crippen molar-refractivity contribution in [1.29, 1.82) is 0 Å². The molecule has 0 saturated carbocycles. The third kappa shape index (κ3) is 5.30. The van der Waals surface area contributed by atoms with Gasteiger partial charge >= 0.3 is 12.0 Å². The number of carbonyl (C=O) groups is 3. The lowest BCUT2D eigenvalue weighted by Crippen LogP contribution is -2.34. The van der Waals surface area contributed by atoms with Gasteiger partial charge in [-0.25, -0.2) is 4.79 Å². The molecule has 2 rings (SSSR count). The average Bonchev–Trinajstić information content (AvgIpc) is 2.56.